The minimum Gasteiger partial charge on any atom is -0.197 e. The molecule has 0 unspecified atom stereocenters. The Kier molecular flexibility index (Phi) is 2.46. The van der Waals surface area contributed by atoms with E-state index in [9.17, 15) is 5.26 Å². The molecule has 1 aliphatic carbocycles. The van der Waals surface area contributed by atoms with Crippen LogP contribution in [0.4, 0.5) is 0 Å². The Hall–Kier alpha value is -2.85. The summed E-state index contributed by atoms with van der Waals surface area (Å²) in [7, 11) is 0. The average molecular weight is 267 g/mol. The highest BCUT2D eigenvalue weighted by molar-refractivity contribution is 5.85. The van der Waals surface area contributed by atoms with Crippen LogP contribution in [0, 0.1) is 11.3 Å². The lowest BCUT2D eigenvalue weighted by Gasteiger charge is -2.24. The van der Waals surface area contributed by atoms with Crippen LogP contribution < -0.4 is 0 Å². The second-order valence-electron chi connectivity index (χ2n) is 5.32. The van der Waals surface area contributed by atoms with Crippen molar-refractivity contribution in [3.8, 4) is 17.2 Å². The van der Waals surface area contributed by atoms with Gasteiger partial charge in [0.15, 0.2) is 0 Å². The Morgan fingerprint density at radius 3 is 1.62 bits per heavy atom. The van der Waals surface area contributed by atoms with E-state index < -0.39 is 5.41 Å². The molecule has 0 aliphatic heterocycles. The van der Waals surface area contributed by atoms with Gasteiger partial charge in [0.1, 0.15) is 5.41 Å². The molecule has 0 fully saturated rings. The van der Waals surface area contributed by atoms with E-state index in [2.05, 4.69) is 30.3 Å². The quantitative estimate of drug-likeness (QED) is 0.635. The number of nitrogens with zero attached hydrogens (tertiary/aromatic N) is 1. The lowest BCUT2D eigenvalue weighted by molar-refractivity contribution is 0.821. The van der Waals surface area contributed by atoms with Gasteiger partial charge in [0.05, 0.1) is 6.07 Å². The summed E-state index contributed by atoms with van der Waals surface area (Å²) in [6.45, 7) is 0. The van der Waals surface area contributed by atoms with E-state index in [1.54, 1.807) is 0 Å². The van der Waals surface area contributed by atoms with Crippen LogP contribution in [-0.2, 0) is 5.41 Å². The zero-order chi connectivity index (χ0) is 14.3. The number of nitriles is 1. The maximum Gasteiger partial charge on any atom is 0.133 e. The number of benzene rings is 3. The summed E-state index contributed by atoms with van der Waals surface area (Å²) < 4.78 is 0. The molecule has 1 aliphatic rings. The lowest BCUT2D eigenvalue weighted by Crippen LogP contribution is -2.24. The van der Waals surface area contributed by atoms with Crippen LogP contribution in [0.5, 0.6) is 0 Å². The third-order valence-corrected chi connectivity index (χ3v) is 4.33. The molecule has 0 bridgehead atoms. The third kappa shape index (κ3) is 1.45. The number of rotatable bonds is 1. The molecule has 0 spiro atoms. The first kappa shape index (κ1) is 11.9. The van der Waals surface area contributed by atoms with Gasteiger partial charge in [-0.1, -0.05) is 78.9 Å². The Balaban J connectivity index is 2.16. The third-order valence-electron chi connectivity index (χ3n) is 4.33. The highest BCUT2D eigenvalue weighted by atomic mass is 14.5. The molecule has 3 aromatic rings. The predicted octanol–water partition coefficient (Wildman–Crippen LogP) is 4.52. The van der Waals surface area contributed by atoms with Crippen molar-refractivity contribution in [2.24, 2.45) is 0 Å². The summed E-state index contributed by atoms with van der Waals surface area (Å²) in [6, 6.07) is 29.1. The smallest absolute Gasteiger partial charge is 0.133 e. The molecule has 0 heterocycles. The van der Waals surface area contributed by atoms with Crippen LogP contribution in [0.3, 0.4) is 0 Å². The Bertz CT molecular complexity index is 811. The highest BCUT2D eigenvalue weighted by Crippen LogP contribution is 2.51. The molecule has 1 nitrogen and oxygen atoms in total. The normalized spacial score (nSPS) is 14.0. The summed E-state index contributed by atoms with van der Waals surface area (Å²) in [5.74, 6) is 0. The van der Waals surface area contributed by atoms with Crippen molar-refractivity contribution in [3.05, 3.63) is 95.6 Å². The van der Waals surface area contributed by atoms with Gasteiger partial charge >= 0.3 is 0 Å². The summed E-state index contributed by atoms with van der Waals surface area (Å²) in [4.78, 5) is 0. The lowest BCUT2D eigenvalue weighted by atomic mass is 9.74. The fourth-order valence-corrected chi connectivity index (χ4v) is 3.42. The monoisotopic (exact) mass is 267 g/mol. The van der Waals surface area contributed by atoms with Gasteiger partial charge in [-0.3, -0.25) is 0 Å². The van der Waals surface area contributed by atoms with E-state index in [0.717, 1.165) is 16.7 Å². The van der Waals surface area contributed by atoms with Crippen molar-refractivity contribution in [2.75, 3.05) is 0 Å². The van der Waals surface area contributed by atoms with Crippen molar-refractivity contribution >= 4 is 0 Å². The van der Waals surface area contributed by atoms with Crippen molar-refractivity contribution in [1.29, 1.82) is 5.26 Å². The maximum absolute atomic E-state index is 10.1. The zero-order valence-corrected chi connectivity index (χ0v) is 11.5. The van der Waals surface area contributed by atoms with Gasteiger partial charge in [0, 0.05) is 0 Å². The van der Waals surface area contributed by atoms with Crippen molar-refractivity contribution in [2.45, 2.75) is 5.41 Å². The summed E-state index contributed by atoms with van der Waals surface area (Å²) >= 11 is 0. The van der Waals surface area contributed by atoms with Crippen LogP contribution in [0.2, 0.25) is 0 Å². The van der Waals surface area contributed by atoms with E-state index in [1.807, 2.05) is 54.6 Å². The van der Waals surface area contributed by atoms with Gasteiger partial charge in [-0.25, -0.2) is 0 Å². The summed E-state index contributed by atoms with van der Waals surface area (Å²) in [6.07, 6.45) is 0. The molecular weight excluding hydrogens is 254 g/mol. The van der Waals surface area contributed by atoms with E-state index in [1.165, 1.54) is 11.1 Å². The van der Waals surface area contributed by atoms with Crippen LogP contribution in [0.15, 0.2) is 78.9 Å². The molecule has 1 heteroatoms. The maximum atomic E-state index is 10.1. The molecule has 0 radical (unpaired) electrons. The van der Waals surface area contributed by atoms with Crippen molar-refractivity contribution < 1.29 is 0 Å². The molecule has 0 aromatic heterocycles. The second kappa shape index (κ2) is 4.33. The van der Waals surface area contributed by atoms with Crippen LogP contribution in [0.25, 0.3) is 11.1 Å². The first-order valence-electron chi connectivity index (χ1n) is 7.04. The largest absolute Gasteiger partial charge is 0.197 e. The molecule has 21 heavy (non-hydrogen) atoms. The predicted molar refractivity (Wildman–Crippen MR) is 83.8 cm³/mol. The van der Waals surface area contributed by atoms with Crippen LogP contribution in [-0.4, -0.2) is 0 Å². The number of hydrogen-bond donors (Lipinski definition) is 0. The molecule has 0 atom stereocenters. The van der Waals surface area contributed by atoms with Crippen molar-refractivity contribution in [1.82, 2.24) is 0 Å². The van der Waals surface area contributed by atoms with Gasteiger partial charge < -0.3 is 0 Å². The van der Waals surface area contributed by atoms with Crippen molar-refractivity contribution in [3.63, 3.8) is 0 Å². The van der Waals surface area contributed by atoms with Gasteiger partial charge in [-0.2, -0.15) is 5.26 Å². The standard InChI is InChI=1S/C20H13N/c21-14-20(15-8-2-1-3-9-15)18-12-6-4-10-16(18)17-11-5-7-13-19(17)20/h1-13H. The Labute approximate surface area is 124 Å². The molecule has 0 saturated heterocycles. The number of fused-ring (bicyclic) bond motifs is 3. The summed E-state index contributed by atoms with van der Waals surface area (Å²) in [5, 5.41) is 10.1. The fourth-order valence-electron chi connectivity index (χ4n) is 3.42. The van der Waals surface area contributed by atoms with Gasteiger partial charge in [0.2, 0.25) is 0 Å². The van der Waals surface area contributed by atoms with Crippen LogP contribution in [0.1, 0.15) is 16.7 Å². The molecule has 0 saturated carbocycles. The highest BCUT2D eigenvalue weighted by Gasteiger charge is 2.44. The van der Waals surface area contributed by atoms with E-state index in [-0.39, 0.29) is 0 Å². The molecule has 4 rings (SSSR count). The minimum atomic E-state index is -0.700. The van der Waals surface area contributed by atoms with Gasteiger partial charge in [0.25, 0.3) is 0 Å². The second-order valence-corrected chi connectivity index (χ2v) is 5.32. The topological polar surface area (TPSA) is 23.8 Å². The van der Waals surface area contributed by atoms with Crippen LogP contribution >= 0.6 is 0 Å². The minimum absolute atomic E-state index is 0.700. The Morgan fingerprint density at radius 2 is 1.10 bits per heavy atom. The first-order chi connectivity index (χ1) is 10.4. The van der Waals surface area contributed by atoms with Gasteiger partial charge in [-0.15, -0.1) is 0 Å². The molecule has 98 valence electrons. The van der Waals surface area contributed by atoms with Gasteiger partial charge in [-0.05, 0) is 27.8 Å². The van der Waals surface area contributed by atoms with E-state index >= 15 is 0 Å². The molecular formula is C20H13N. The Morgan fingerprint density at radius 1 is 0.619 bits per heavy atom. The first-order valence-corrected chi connectivity index (χ1v) is 7.04. The number of hydrogen-bond acceptors (Lipinski definition) is 1. The average Bonchev–Trinajstić information content (AvgIpc) is 2.87. The fraction of sp³-hybridized carbons (Fsp3) is 0.0500. The summed E-state index contributed by atoms with van der Waals surface area (Å²) in [5.41, 5.74) is 4.83. The van der Waals surface area contributed by atoms with E-state index in [0.29, 0.717) is 0 Å². The molecule has 3 aromatic carbocycles. The molecule has 0 N–H and O–H groups in total. The zero-order valence-electron chi connectivity index (χ0n) is 11.5. The SMILES string of the molecule is N#CC1(c2ccccc2)c2ccccc2-c2ccccc21. The van der Waals surface area contributed by atoms with E-state index in [4.69, 9.17) is 0 Å². The molecule has 0 amide bonds.